The molecule has 0 bridgehead atoms. The van der Waals surface area contributed by atoms with Crippen molar-refractivity contribution in [2.75, 3.05) is 46.9 Å². The second-order valence-electron chi connectivity index (χ2n) is 4.39. The molecule has 0 N–H and O–H groups in total. The first-order valence-corrected chi connectivity index (χ1v) is 5.94. The third-order valence-corrected chi connectivity index (χ3v) is 3.07. The maximum Gasteiger partial charge on any atom is 0.165 e. The van der Waals surface area contributed by atoms with Crippen LogP contribution in [0.25, 0.3) is 0 Å². The van der Waals surface area contributed by atoms with Gasteiger partial charge in [0.05, 0.1) is 19.7 Å². The monoisotopic (exact) mass is 240 g/mol. The molecule has 1 fully saturated rings. The van der Waals surface area contributed by atoms with Crippen LogP contribution in [0.5, 0.6) is 0 Å². The molecule has 1 saturated heterocycles. The lowest BCUT2D eigenvalue weighted by molar-refractivity contribution is 0.141. The third kappa shape index (κ3) is 3.45. The van der Waals surface area contributed by atoms with Crippen LogP contribution in [0.2, 0.25) is 0 Å². The molecular weight excluding hydrogens is 220 g/mol. The number of likely N-dealkylation sites (N-methyl/N-ethyl adjacent to an activating group) is 1. The summed E-state index contributed by atoms with van der Waals surface area (Å²) in [7, 11) is 3.84. The number of hydrogen-bond acceptors (Lipinski definition) is 6. The van der Waals surface area contributed by atoms with E-state index in [1.807, 2.05) is 4.68 Å². The van der Waals surface area contributed by atoms with Crippen LogP contribution in [0.3, 0.4) is 0 Å². The van der Waals surface area contributed by atoms with E-state index in [-0.39, 0.29) is 0 Å². The van der Waals surface area contributed by atoms with E-state index in [0.29, 0.717) is 13.2 Å². The predicted molar refractivity (Wildman–Crippen MR) is 62.5 cm³/mol. The van der Waals surface area contributed by atoms with E-state index >= 15 is 0 Å². The predicted octanol–water partition coefficient (Wildman–Crippen LogP) is -0.933. The van der Waals surface area contributed by atoms with Crippen molar-refractivity contribution in [2.45, 2.75) is 13.1 Å². The van der Waals surface area contributed by atoms with Crippen LogP contribution >= 0.6 is 0 Å². The van der Waals surface area contributed by atoms with Crippen molar-refractivity contribution < 1.29 is 4.74 Å². The highest BCUT2D eigenvalue weighted by atomic mass is 16.5. The molecule has 0 unspecified atom stereocenters. The molecule has 0 atom stereocenters. The molecule has 0 aromatic carbocycles. The summed E-state index contributed by atoms with van der Waals surface area (Å²) >= 11 is 0. The molecular formula is C10H20N6O. The van der Waals surface area contributed by atoms with Gasteiger partial charge in [-0.05, 0) is 17.5 Å². The molecule has 7 nitrogen and oxygen atoms in total. The molecule has 0 spiro atoms. The van der Waals surface area contributed by atoms with Crippen molar-refractivity contribution in [1.82, 2.24) is 30.0 Å². The van der Waals surface area contributed by atoms with Crippen molar-refractivity contribution in [3.8, 4) is 0 Å². The maximum absolute atomic E-state index is 5.04. The van der Waals surface area contributed by atoms with Gasteiger partial charge in [-0.3, -0.25) is 4.90 Å². The number of ether oxygens (including phenoxy) is 1. The number of hydrogen-bond donors (Lipinski definition) is 0. The molecule has 1 aromatic rings. The summed E-state index contributed by atoms with van der Waals surface area (Å²) in [5, 5.41) is 11.8. The molecule has 2 heterocycles. The van der Waals surface area contributed by atoms with Gasteiger partial charge < -0.3 is 9.64 Å². The Hall–Kier alpha value is -1.05. The lowest BCUT2D eigenvalue weighted by atomic mass is 10.3. The zero-order chi connectivity index (χ0) is 12.1. The first kappa shape index (κ1) is 12.4. The minimum Gasteiger partial charge on any atom is -0.383 e. The minimum atomic E-state index is 0.640. The Morgan fingerprint density at radius 2 is 2.00 bits per heavy atom. The summed E-state index contributed by atoms with van der Waals surface area (Å²) in [4.78, 5) is 4.72. The fourth-order valence-electron chi connectivity index (χ4n) is 1.89. The Morgan fingerprint density at radius 1 is 1.24 bits per heavy atom. The summed E-state index contributed by atoms with van der Waals surface area (Å²) in [6, 6.07) is 0. The second-order valence-corrected chi connectivity index (χ2v) is 4.39. The zero-order valence-electron chi connectivity index (χ0n) is 10.5. The average Bonchev–Trinajstić information content (AvgIpc) is 2.77. The summed E-state index contributed by atoms with van der Waals surface area (Å²) < 4.78 is 6.86. The normalized spacial score (nSPS) is 18.7. The summed E-state index contributed by atoms with van der Waals surface area (Å²) in [5.41, 5.74) is 0. The van der Waals surface area contributed by atoms with Gasteiger partial charge in [-0.1, -0.05) is 0 Å². The van der Waals surface area contributed by atoms with Gasteiger partial charge in [0, 0.05) is 33.3 Å². The molecule has 1 aliphatic heterocycles. The Balaban J connectivity index is 1.87. The lowest BCUT2D eigenvalue weighted by Gasteiger charge is -2.31. The van der Waals surface area contributed by atoms with Crippen molar-refractivity contribution in [1.29, 1.82) is 0 Å². The first-order chi connectivity index (χ1) is 8.29. The van der Waals surface area contributed by atoms with Crippen molar-refractivity contribution in [3.63, 3.8) is 0 Å². The maximum atomic E-state index is 5.04. The smallest absolute Gasteiger partial charge is 0.165 e. The molecule has 0 aliphatic carbocycles. The van der Waals surface area contributed by atoms with E-state index < -0.39 is 0 Å². The van der Waals surface area contributed by atoms with Crippen LogP contribution in [0.1, 0.15) is 5.82 Å². The van der Waals surface area contributed by atoms with Crippen molar-refractivity contribution >= 4 is 0 Å². The highest BCUT2D eigenvalue weighted by Gasteiger charge is 2.16. The van der Waals surface area contributed by atoms with Gasteiger partial charge in [0.2, 0.25) is 0 Å². The standard InChI is InChI=1S/C10H20N6O/c1-14-3-5-15(6-4-14)9-10-11-12-13-16(10)7-8-17-2/h3-9H2,1-2H3. The molecule has 0 radical (unpaired) electrons. The second kappa shape index (κ2) is 6.04. The molecule has 0 saturated carbocycles. The molecule has 17 heavy (non-hydrogen) atoms. The third-order valence-electron chi connectivity index (χ3n) is 3.07. The Kier molecular flexibility index (Phi) is 4.41. The number of tetrazole rings is 1. The quantitative estimate of drug-likeness (QED) is 0.662. The number of aromatic nitrogens is 4. The molecule has 7 heteroatoms. The molecule has 0 amide bonds. The van der Waals surface area contributed by atoms with Crippen LogP contribution in [-0.4, -0.2) is 77.0 Å². The summed E-state index contributed by atoms with van der Waals surface area (Å²) in [6.07, 6.45) is 0. The zero-order valence-corrected chi connectivity index (χ0v) is 10.5. The van der Waals surface area contributed by atoms with Gasteiger partial charge in [0.1, 0.15) is 0 Å². The van der Waals surface area contributed by atoms with E-state index in [1.165, 1.54) is 0 Å². The van der Waals surface area contributed by atoms with Gasteiger partial charge in [-0.2, -0.15) is 0 Å². The minimum absolute atomic E-state index is 0.640. The van der Waals surface area contributed by atoms with E-state index in [2.05, 4.69) is 32.4 Å². The van der Waals surface area contributed by atoms with Crippen LogP contribution in [0.4, 0.5) is 0 Å². The SMILES string of the molecule is COCCn1nnnc1CN1CCN(C)CC1. The Morgan fingerprint density at radius 3 is 2.71 bits per heavy atom. The first-order valence-electron chi connectivity index (χ1n) is 5.94. The molecule has 2 rings (SSSR count). The largest absolute Gasteiger partial charge is 0.383 e. The van der Waals surface area contributed by atoms with E-state index in [4.69, 9.17) is 4.74 Å². The molecule has 1 aliphatic rings. The van der Waals surface area contributed by atoms with Gasteiger partial charge >= 0.3 is 0 Å². The van der Waals surface area contributed by atoms with Crippen molar-refractivity contribution in [2.24, 2.45) is 0 Å². The lowest BCUT2D eigenvalue weighted by Crippen LogP contribution is -2.44. The number of piperazine rings is 1. The van der Waals surface area contributed by atoms with Gasteiger partial charge in [0.15, 0.2) is 5.82 Å². The van der Waals surface area contributed by atoms with Crippen LogP contribution in [0.15, 0.2) is 0 Å². The van der Waals surface area contributed by atoms with Gasteiger partial charge in [-0.25, -0.2) is 4.68 Å². The highest BCUT2D eigenvalue weighted by molar-refractivity contribution is 4.83. The van der Waals surface area contributed by atoms with Crippen LogP contribution < -0.4 is 0 Å². The summed E-state index contributed by atoms with van der Waals surface area (Å²) in [5.74, 6) is 0.923. The van der Waals surface area contributed by atoms with Crippen LogP contribution in [0, 0.1) is 0 Å². The Labute approximate surface area is 101 Å². The number of nitrogens with zero attached hydrogens (tertiary/aromatic N) is 6. The highest BCUT2D eigenvalue weighted by Crippen LogP contribution is 2.04. The topological polar surface area (TPSA) is 59.3 Å². The molecule has 96 valence electrons. The fourth-order valence-corrected chi connectivity index (χ4v) is 1.89. The number of rotatable bonds is 5. The van der Waals surface area contributed by atoms with Gasteiger partial charge in [0.25, 0.3) is 0 Å². The Bertz CT molecular complexity index is 333. The van der Waals surface area contributed by atoms with Crippen molar-refractivity contribution in [3.05, 3.63) is 5.82 Å². The van der Waals surface area contributed by atoms with E-state index in [1.54, 1.807) is 7.11 Å². The summed E-state index contributed by atoms with van der Waals surface area (Å²) in [6.45, 7) is 6.55. The average molecular weight is 240 g/mol. The van der Waals surface area contributed by atoms with Crippen LogP contribution in [-0.2, 0) is 17.8 Å². The fraction of sp³-hybridized carbons (Fsp3) is 0.900. The van der Waals surface area contributed by atoms with E-state index in [0.717, 1.165) is 38.5 Å². The van der Waals surface area contributed by atoms with E-state index in [9.17, 15) is 0 Å². The van der Waals surface area contributed by atoms with Gasteiger partial charge in [-0.15, -0.1) is 5.10 Å². The number of methoxy groups -OCH3 is 1. The molecule has 1 aromatic heterocycles.